The molecule has 2 aromatic rings. The number of methoxy groups -OCH3 is 1. The van der Waals surface area contributed by atoms with E-state index in [1.165, 1.54) is 6.20 Å². The molecule has 0 atom stereocenters. The molecule has 1 aromatic carbocycles. The fraction of sp³-hybridized carbons (Fsp3) is 0.176. The Morgan fingerprint density at radius 2 is 1.92 bits per heavy atom. The quantitative estimate of drug-likeness (QED) is 0.612. The average molecular weight is 361 g/mol. The minimum absolute atomic E-state index is 0.0210. The Balaban J connectivity index is 1.86. The van der Waals surface area contributed by atoms with Crippen LogP contribution in [0.4, 0.5) is 5.82 Å². The molecule has 1 aromatic heterocycles. The number of hydrogen-bond donors (Lipinski definition) is 2. The number of ether oxygens (including phenoxy) is 1. The molecule has 2 amide bonds. The second-order valence-corrected chi connectivity index (χ2v) is 5.54. The summed E-state index contributed by atoms with van der Waals surface area (Å²) < 4.78 is 5.03. The Morgan fingerprint density at radius 1 is 1.20 bits per heavy atom. The van der Waals surface area contributed by atoms with Crippen LogP contribution >= 0.6 is 11.6 Å². The number of aromatic nitrogens is 1. The molecule has 0 saturated carbocycles. The first-order valence-corrected chi connectivity index (χ1v) is 7.74. The summed E-state index contributed by atoms with van der Waals surface area (Å²) in [6.07, 6.45) is 1.46. The van der Waals surface area contributed by atoms with E-state index in [1.807, 2.05) is 0 Å². The Morgan fingerprint density at radius 3 is 2.52 bits per heavy atom. The summed E-state index contributed by atoms with van der Waals surface area (Å²) in [5.74, 6) is 0.379. The number of rotatable bonds is 6. The number of nitrogens with zero attached hydrogens (tertiary/aromatic N) is 2. The third kappa shape index (κ3) is 5.89. The number of hydrazone groups is 1. The Kier molecular flexibility index (Phi) is 6.47. The highest BCUT2D eigenvalue weighted by Gasteiger charge is 2.08. The fourth-order valence-electron chi connectivity index (χ4n) is 1.86. The summed E-state index contributed by atoms with van der Waals surface area (Å²) >= 11 is 5.73. The molecule has 130 valence electrons. The third-order valence-corrected chi connectivity index (χ3v) is 3.34. The van der Waals surface area contributed by atoms with Gasteiger partial charge in [0.15, 0.2) is 0 Å². The van der Waals surface area contributed by atoms with Crippen molar-refractivity contribution < 1.29 is 14.3 Å². The van der Waals surface area contributed by atoms with E-state index in [2.05, 4.69) is 20.8 Å². The van der Waals surface area contributed by atoms with Crippen LogP contribution in [0.15, 0.2) is 47.7 Å². The summed E-state index contributed by atoms with van der Waals surface area (Å²) in [4.78, 5) is 27.8. The molecule has 0 aliphatic heterocycles. The van der Waals surface area contributed by atoms with Crippen molar-refractivity contribution in [2.45, 2.75) is 13.3 Å². The van der Waals surface area contributed by atoms with Crippen molar-refractivity contribution in [2.75, 3.05) is 12.4 Å². The van der Waals surface area contributed by atoms with Gasteiger partial charge in [-0.1, -0.05) is 11.6 Å². The molecule has 0 saturated heterocycles. The average Bonchev–Trinajstić information content (AvgIpc) is 2.61. The first-order chi connectivity index (χ1) is 12.0. The number of carbonyl (C=O) groups excluding carboxylic acids is 2. The molecule has 25 heavy (non-hydrogen) atoms. The van der Waals surface area contributed by atoms with Gasteiger partial charge < -0.3 is 10.1 Å². The zero-order valence-electron chi connectivity index (χ0n) is 13.7. The molecule has 0 spiro atoms. The lowest BCUT2D eigenvalue weighted by Crippen LogP contribution is -2.21. The predicted molar refractivity (Wildman–Crippen MR) is 96.1 cm³/mol. The zero-order valence-corrected chi connectivity index (χ0v) is 14.5. The Labute approximate surface area is 150 Å². The van der Waals surface area contributed by atoms with Crippen LogP contribution in [0.25, 0.3) is 0 Å². The molecule has 2 rings (SSSR count). The molecule has 7 nitrogen and oxygen atoms in total. The lowest BCUT2D eigenvalue weighted by Gasteiger charge is -2.05. The van der Waals surface area contributed by atoms with E-state index in [0.29, 0.717) is 27.9 Å². The molecule has 0 aliphatic carbocycles. The minimum Gasteiger partial charge on any atom is -0.497 e. The minimum atomic E-state index is -0.373. The van der Waals surface area contributed by atoms with Gasteiger partial charge in [0.25, 0.3) is 5.91 Å². The van der Waals surface area contributed by atoms with Gasteiger partial charge in [0.05, 0.1) is 18.6 Å². The summed E-state index contributed by atoms with van der Waals surface area (Å²) in [5.41, 5.74) is 3.30. The second-order valence-electron chi connectivity index (χ2n) is 5.10. The number of benzene rings is 1. The van der Waals surface area contributed by atoms with Crippen LogP contribution in [-0.2, 0) is 4.79 Å². The van der Waals surface area contributed by atoms with Crippen LogP contribution in [0.3, 0.4) is 0 Å². The molecule has 0 unspecified atom stereocenters. The number of anilines is 1. The highest BCUT2D eigenvalue weighted by Crippen LogP contribution is 2.11. The lowest BCUT2D eigenvalue weighted by molar-refractivity contribution is -0.115. The van der Waals surface area contributed by atoms with E-state index in [4.69, 9.17) is 16.3 Å². The molecule has 0 aliphatic rings. The molecule has 0 fully saturated rings. The van der Waals surface area contributed by atoms with Crippen molar-refractivity contribution in [2.24, 2.45) is 5.10 Å². The topological polar surface area (TPSA) is 92.7 Å². The third-order valence-electron chi connectivity index (χ3n) is 3.11. The highest BCUT2D eigenvalue weighted by molar-refractivity contribution is 6.30. The molecule has 8 heteroatoms. The van der Waals surface area contributed by atoms with Crippen molar-refractivity contribution in [3.63, 3.8) is 0 Å². The van der Waals surface area contributed by atoms with Gasteiger partial charge in [-0.25, -0.2) is 10.4 Å². The van der Waals surface area contributed by atoms with E-state index in [9.17, 15) is 9.59 Å². The van der Waals surface area contributed by atoms with Crippen molar-refractivity contribution in [3.8, 4) is 5.75 Å². The van der Waals surface area contributed by atoms with Crippen LogP contribution in [0.2, 0.25) is 5.02 Å². The van der Waals surface area contributed by atoms with Crippen molar-refractivity contribution in [1.29, 1.82) is 0 Å². The number of carbonyl (C=O) groups is 2. The number of nitrogens with one attached hydrogen (secondary N) is 2. The lowest BCUT2D eigenvalue weighted by atomic mass is 10.2. The van der Waals surface area contributed by atoms with E-state index in [-0.39, 0.29) is 18.2 Å². The maximum absolute atomic E-state index is 12.0. The van der Waals surface area contributed by atoms with Gasteiger partial charge in [-0.3, -0.25) is 9.59 Å². The largest absolute Gasteiger partial charge is 0.497 e. The number of amides is 2. The monoisotopic (exact) mass is 360 g/mol. The first kappa shape index (κ1) is 18.4. The second kappa shape index (κ2) is 8.79. The standard InChI is InChI=1S/C17H17ClN4O3/c1-11(9-16(23)20-15-8-5-13(18)10-19-15)21-22-17(24)12-3-6-14(25-2)7-4-12/h3-8,10H,9H2,1-2H3,(H,22,24)(H,19,20,23). The van der Waals surface area contributed by atoms with Crippen LogP contribution in [0, 0.1) is 0 Å². The number of pyridine rings is 1. The summed E-state index contributed by atoms with van der Waals surface area (Å²) in [5, 5.41) is 7.02. The summed E-state index contributed by atoms with van der Waals surface area (Å²) in [7, 11) is 1.55. The summed E-state index contributed by atoms with van der Waals surface area (Å²) in [6.45, 7) is 1.64. The van der Waals surface area contributed by atoms with Crippen LogP contribution in [0.1, 0.15) is 23.7 Å². The predicted octanol–water partition coefficient (Wildman–Crippen LogP) is 2.88. The van der Waals surface area contributed by atoms with E-state index in [1.54, 1.807) is 50.4 Å². The molecule has 0 bridgehead atoms. The first-order valence-electron chi connectivity index (χ1n) is 7.37. The SMILES string of the molecule is COc1ccc(C(=O)NN=C(C)CC(=O)Nc2ccc(Cl)cn2)cc1. The Hall–Kier alpha value is -2.93. The molecule has 1 heterocycles. The maximum atomic E-state index is 12.0. The zero-order chi connectivity index (χ0) is 18.2. The van der Waals surface area contributed by atoms with Gasteiger partial charge in [-0.2, -0.15) is 5.10 Å². The van der Waals surface area contributed by atoms with Crippen LogP contribution in [-0.4, -0.2) is 29.6 Å². The van der Waals surface area contributed by atoms with Gasteiger partial charge in [-0.05, 0) is 43.3 Å². The van der Waals surface area contributed by atoms with Crippen molar-refractivity contribution >= 4 is 34.9 Å². The molecule has 2 N–H and O–H groups in total. The van der Waals surface area contributed by atoms with E-state index in [0.717, 1.165) is 0 Å². The summed E-state index contributed by atoms with van der Waals surface area (Å²) in [6, 6.07) is 9.82. The Bertz CT molecular complexity index is 773. The smallest absolute Gasteiger partial charge is 0.271 e. The van der Waals surface area contributed by atoms with Gasteiger partial charge in [-0.15, -0.1) is 0 Å². The number of hydrogen-bond acceptors (Lipinski definition) is 5. The van der Waals surface area contributed by atoms with Crippen LogP contribution in [0.5, 0.6) is 5.75 Å². The van der Waals surface area contributed by atoms with Gasteiger partial charge in [0.1, 0.15) is 11.6 Å². The molecular weight excluding hydrogens is 344 g/mol. The van der Waals surface area contributed by atoms with Crippen LogP contribution < -0.4 is 15.5 Å². The number of halogens is 1. The fourth-order valence-corrected chi connectivity index (χ4v) is 1.97. The van der Waals surface area contributed by atoms with Crippen molar-refractivity contribution in [3.05, 3.63) is 53.2 Å². The maximum Gasteiger partial charge on any atom is 0.271 e. The van der Waals surface area contributed by atoms with Gasteiger partial charge in [0, 0.05) is 17.5 Å². The van der Waals surface area contributed by atoms with Crippen molar-refractivity contribution in [1.82, 2.24) is 10.4 Å². The van der Waals surface area contributed by atoms with Gasteiger partial charge in [0.2, 0.25) is 5.91 Å². The van der Waals surface area contributed by atoms with E-state index < -0.39 is 0 Å². The molecular formula is C17H17ClN4O3. The van der Waals surface area contributed by atoms with E-state index >= 15 is 0 Å². The van der Waals surface area contributed by atoms with Gasteiger partial charge >= 0.3 is 0 Å². The highest BCUT2D eigenvalue weighted by atomic mass is 35.5. The normalized spacial score (nSPS) is 10.9. The molecule has 0 radical (unpaired) electrons.